The molecular weight excluding hydrogens is 2230 g/mol. The van der Waals surface area contributed by atoms with Gasteiger partial charge in [-0.05, 0) is 294 Å². The van der Waals surface area contributed by atoms with Gasteiger partial charge in [-0.15, -0.1) is 0 Å². The van der Waals surface area contributed by atoms with Gasteiger partial charge in [0.2, 0.25) is 14.1 Å². The van der Waals surface area contributed by atoms with E-state index in [4.69, 9.17) is 106 Å². The van der Waals surface area contributed by atoms with E-state index in [1.54, 1.807) is 91.0 Å². The highest BCUT2D eigenvalue weighted by Crippen LogP contribution is 2.44. The van der Waals surface area contributed by atoms with Crippen molar-refractivity contribution < 1.29 is 121 Å². The minimum absolute atomic E-state index is 0. The number of aliphatic hydroxyl groups excluding tert-OH is 8. The number of halogens is 10. The number of ether oxygens (including phenoxy) is 5. The second-order valence-corrected chi connectivity index (χ2v) is 79.0. The molecule has 14 atom stereocenters. The van der Waals surface area contributed by atoms with Gasteiger partial charge in [0, 0.05) is 64.9 Å². The Morgan fingerprint density at radius 1 is 0.479 bits per heavy atom. The summed E-state index contributed by atoms with van der Waals surface area (Å²) >= 11 is 38.0. The van der Waals surface area contributed by atoms with Gasteiger partial charge in [-0.2, -0.15) is 11.1 Å². The molecule has 3 aliphatic rings. The van der Waals surface area contributed by atoms with E-state index in [9.17, 15) is 73.9 Å². The van der Waals surface area contributed by atoms with Gasteiger partial charge in [-0.1, -0.05) is 246 Å². The van der Waals surface area contributed by atoms with Crippen molar-refractivity contribution >= 4 is 161 Å². The van der Waals surface area contributed by atoms with E-state index in [2.05, 4.69) is 229 Å². The molecule has 3 aliphatic heterocycles. The Labute approximate surface area is 920 Å². The van der Waals surface area contributed by atoms with Gasteiger partial charge in [0.05, 0.1) is 21.2 Å². The van der Waals surface area contributed by atoms with Gasteiger partial charge >= 0.3 is 13.5 Å². The van der Waals surface area contributed by atoms with Crippen LogP contribution in [0.5, 0.6) is 23.0 Å². The van der Waals surface area contributed by atoms with Crippen LogP contribution in [0.15, 0.2) is 179 Å². The highest BCUT2D eigenvalue weighted by Gasteiger charge is 2.56. The minimum Gasteiger partial charge on any atom is -0.544 e. The summed E-state index contributed by atoms with van der Waals surface area (Å²) in [5, 5.41) is 111. The number of benzene rings is 8. The zero-order valence-electron chi connectivity index (χ0n) is 91.3. The summed E-state index contributed by atoms with van der Waals surface area (Å²) in [5.74, 6) is -0.608. The summed E-state index contributed by atoms with van der Waals surface area (Å²) in [4.78, 5) is 12.9. The molecule has 22 nitrogen and oxygen atoms in total. The van der Waals surface area contributed by atoms with Crippen molar-refractivity contribution in [3.63, 3.8) is 0 Å². The maximum atomic E-state index is 12.9. The molecule has 0 aromatic heterocycles. The normalized spacial score (nSPS) is 21.9. The lowest BCUT2D eigenvalue weighted by Crippen LogP contribution is -2.64. The van der Waals surface area contributed by atoms with Crippen molar-refractivity contribution in [3.8, 4) is 23.0 Å². The number of carbonyl (C=O) groups excluding carboxylic acids is 1. The molecule has 0 aliphatic carbocycles. The van der Waals surface area contributed by atoms with E-state index < -0.39 is 157 Å². The van der Waals surface area contributed by atoms with Crippen LogP contribution in [0.2, 0.25) is 153 Å². The molecule has 11 N–H and O–H groups in total. The number of esters is 1. The van der Waals surface area contributed by atoms with Crippen LogP contribution < -0.4 is 4.43 Å². The molecule has 0 spiro atoms. The van der Waals surface area contributed by atoms with E-state index in [-0.39, 0.29) is 47.4 Å². The number of hydrogen-bond acceptors (Lipinski definition) is 22. The van der Waals surface area contributed by atoms with Gasteiger partial charge in [-0.3, -0.25) is 12.9 Å². The maximum absolute atomic E-state index is 12.9. The average molecular weight is 2390 g/mol. The van der Waals surface area contributed by atoms with E-state index in [1.807, 2.05) is 56.3 Å². The fourth-order valence-corrected chi connectivity index (χ4v) is 21.6. The van der Waals surface area contributed by atoms with Gasteiger partial charge in [0.15, 0.2) is 52.9 Å². The highest BCUT2D eigenvalue weighted by molar-refractivity contribution is 9.10. The fraction of sp³-hybridized carbons (Fsp3) is 0.538. The molecule has 11 rings (SSSR count). The third-order valence-electron chi connectivity index (χ3n) is 23.6. The molecule has 0 unspecified atom stereocenters. The molecule has 3 heterocycles. The summed E-state index contributed by atoms with van der Waals surface area (Å²) < 4.78 is 106. The monoisotopic (exact) mass is 2390 g/mol. The second-order valence-electron chi connectivity index (χ2n) is 42.1. The highest BCUT2D eigenvalue weighted by atomic mass is 79.9. The van der Waals surface area contributed by atoms with Gasteiger partial charge in [0.25, 0.3) is 0 Å². The Morgan fingerprint density at radius 3 is 1.17 bits per heavy atom. The lowest BCUT2D eigenvalue weighted by atomic mass is 9.87. The first-order chi connectivity index (χ1) is 67.7. The third-order valence-corrected chi connectivity index (χ3v) is 42.7. The van der Waals surface area contributed by atoms with Crippen LogP contribution in [-0.4, -0.2) is 242 Å². The van der Waals surface area contributed by atoms with Crippen LogP contribution in [-0.2, 0) is 77.7 Å². The molecule has 822 valence electrons. The number of cyclic esters (lactones) is 1. The van der Waals surface area contributed by atoms with Crippen LogP contribution in [0.25, 0.3) is 0 Å². The molecule has 146 heavy (non-hydrogen) atoms. The third kappa shape index (κ3) is 48.3. The molecule has 3 saturated heterocycles. The average Bonchev–Trinajstić information content (AvgIpc) is 0.745. The zero-order chi connectivity index (χ0) is 112. The van der Waals surface area contributed by atoms with E-state index in [0.29, 0.717) is 51.2 Å². The van der Waals surface area contributed by atoms with Crippen LogP contribution in [0.1, 0.15) is 147 Å². The minimum atomic E-state index is -3.67. The summed E-state index contributed by atoms with van der Waals surface area (Å²) in [7, 11) is -14.6. The standard InChI is InChI=1S/C20H23ClO7.C19H24BrClOSi.C19H21ClO6.C18H42O6Si4.C13H10BrClO.C6H15ClSi.C6H16Si.C4H10O.CH4.BF3/c1-27-20(19(26)18(25)17(24)16(10-22)28-20)13-4-7-15(21)12(9-13)8-11-2-5-14(23)6-3-11;1-19(2,3)23(4,5)22-17-9-6-14(7-10-17)12-15-13-16(20)8-11-18(15)21;20-14-6-3-11(8-12(14)7-10-1-4-13(22)5-2-10)19-18(25)17(24)16(23)15(9-21)26-19;1-25(2,3)20-13-14-15(22-26(4,5)6)16(23-27(7,8)9)17(18(19)21-14)24-28(10,11)12;14-11-3-6-13(15)10(8-11)7-9-1-4-12(16)5-2-9;1-6(2,3)8(4,5)7;1-4-7(5-2)6-3;1-3-5-4-2;;2-1(3)4/h2-7,9,16-19,22-26H,8,10H2,1H3;6-11,13H,12H2,1-5H3;1-6,8,15-19,21-25H,7,9H2;14-17H,13H2,1-12H3;1-6,8,16H,7H2;1-5H3;7H,4-6H2,1-3H3;3-4H2,1-2H3;1H4;/t16-,17-,18+,19-,20+;;15-,16-,17+,18-,19+;14-,15-,16+,17-;;;;;;/m1.11....../s1/i;;19D;;;;7D;;;. The number of phenols is 3. The van der Waals surface area contributed by atoms with Gasteiger partial charge < -0.3 is 102 Å². The molecular formula is C106H165BBr2Cl5F3O22Si7. The Hall–Kier alpha value is -4.43. The van der Waals surface area contributed by atoms with Crippen LogP contribution in [0.4, 0.5) is 12.9 Å². The van der Waals surface area contributed by atoms with Crippen LogP contribution in [0.3, 0.4) is 0 Å². The van der Waals surface area contributed by atoms with Crippen LogP contribution >= 0.6 is 89.3 Å². The Morgan fingerprint density at radius 2 is 0.836 bits per heavy atom. The predicted octanol–water partition coefficient (Wildman–Crippen LogP) is 26.0. The van der Waals surface area contributed by atoms with E-state index >= 15 is 0 Å². The lowest BCUT2D eigenvalue weighted by Gasteiger charge is -2.47. The number of aliphatic hydroxyl groups is 8. The molecule has 0 bridgehead atoms. The van der Waals surface area contributed by atoms with Crippen molar-refractivity contribution in [2.24, 2.45) is 0 Å². The van der Waals surface area contributed by atoms with Crippen molar-refractivity contribution in [2.45, 2.75) is 327 Å². The largest absolute Gasteiger partial charge is 0.762 e. The van der Waals surface area contributed by atoms with Crippen molar-refractivity contribution in [2.75, 3.05) is 40.1 Å². The number of hydrogen-bond donors (Lipinski definition) is 11. The predicted molar refractivity (Wildman–Crippen MR) is 616 cm³/mol. The van der Waals surface area contributed by atoms with E-state index in [0.717, 1.165) is 96.7 Å². The first-order valence-electron chi connectivity index (χ1n) is 49.5. The van der Waals surface area contributed by atoms with Crippen molar-refractivity contribution in [1.29, 1.82) is 1.23 Å². The fourth-order valence-electron chi connectivity index (χ4n) is 13.7. The molecule has 0 saturated carbocycles. The summed E-state index contributed by atoms with van der Waals surface area (Å²) in [6.45, 7) is 58.9. The maximum Gasteiger partial charge on any atom is 0.762 e. The molecule has 3 fully saturated rings. The molecule has 0 radical (unpaired) electrons. The molecule has 8 aromatic rings. The first-order valence-corrected chi connectivity index (χ1v) is 74.3. The summed E-state index contributed by atoms with van der Waals surface area (Å²) in [6.07, 6.45) is -13.6. The number of rotatable bonds is 29. The van der Waals surface area contributed by atoms with Crippen molar-refractivity contribution in [1.82, 2.24) is 0 Å². The topological polar surface area (TPSA) is 332 Å². The van der Waals surface area contributed by atoms with Gasteiger partial charge in [0.1, 0.15) is 90.1 Å². The summed E-state index contributed by atoms with van der Waals surface area (Å²) in [6, 6.07) is 53.5. The number of phenolic OH excluding ortho intramolecular Hbond substituents is 3. The van der Waals surface area contributed by atoms with Crippen LogP contribution in [0, 0.1) is 0 Å². The Kier molecular flexibility index (Phi) is 58.3. The van der Waals surface area contributed by atoms with Gasteiger partial charge in [-0.25, -0.2) is 4.79 Å². The second kappa shape index (κ2) is 63.6. The molecule has 8 aromatic carbocycles. The summed E-state index contributed by atoms with van der Waals surface area (Å²) in [5.41, 5.74) is 8.30. The first kappa shape index (κ1) is 134. The molecule has 40 heteroatoms. The van der Waals surface area contributed by atoms with E-state index in [1.165, 1.54) is 18.7 Å². The lowest BCUT2D eigenvalue weighted by molar-refractivity contribution is -0.366. The quantitative estimate of drug-likeness (QED) is 0.0118. The smallest absolute Gasteiger partial charge is 0.544 e. The number of methoxy groups -OCH3 is 1. The number of carbonyl (C=O) groups is 1. The van der Waals surface area contributed by atoms with Crippen molar-refractivity contribution in [3.05, 3.63) is 255 Å². The SMILES string of the molecule is C.CC(C)(C)[Si](C)(C)Cl.CC(C)(C)[Si](C)(C)Oc1ccc(Cc2cc(Br)ccc2Cl)cc1.CCOCC.CO[C@@]1(c2ccc(Cl)c(Cc3ccc(O)cc3)c2)O[C@H](CO)[C@@H](O)[C@H](O)[C@H]1O.C[Si](C)(C)OC[C@H]1OC(=O)[C@H](O[Si](C)(C)C)[C@@H](O[Si](C)(C)C)[C@@H]1O[Si](C)(C)C.FB(F)F.Oc1ccc(Cc2cc(Br)ccc2Cl)cc1.[2H][C@@]1(c2ccc(Cl)c(Cc3ccc(O)cc3)c2)O[C@H](CO)[C@@H](O)[C@H](O)[C@H]1O.[2H][Si](CC)(CC)CC. The Bertz CT molecular complexity index is 5210. The Balaban J connectivity index is 0.000000592. The number of aromatic hydroxyl groups is 3. The zero-order valence-corrected chi connectivity index (χ0v) is 103. The molecule has 0 amide bonds.